The smallest absolute Gasteiger partial charge is 0.120 e. The number of rotatable bonds is 0. The molecule has 1 heterocycles. The third-order valence-electron chi connectivity index (χ3n) is 1.27. The highest BCUT2D eigenvalue weighted by Crippen LogP contribution is 2.22. The summed E-state index contributed by atoms with van der Waals surface area (Å²) in [6, 6.07) is 0. The Morgan fingerprint density at radius 3 is 2.67 bits per heavy atom. The largest absolute Gasteiger partial charge is 0.393 e. The molecule has 0 bridgehead atoms. The first-order valence-electron chi connectivity index (χ1n) is 3.13. The highest BCUT2D eigenvalue weighted by atomic mass is 16.6. The second kappa shape index (κ2) is 2.03. The summed E-state index contributed by atoms with van der Waals surface area (Å²) in [6.45, 7) is 6.97. The van der Waals surface area contributed by atoms with Gasteiger partial charge in [0.05, 0.1) is 6.54 Å². The van der Waals surface area contributed by atoms with Crippen LogP contribution in [0.5, 0.6) is 0 Å². The van der Waals surface area contributed by atoms with Gasteiger partial charge in [-0.1, -0.05) is 13.8 Å². The molecule has 1 radical (unpaired) electrons. The molecule has 0 saturated heterocycles. The summed E-state index contributed by atoms with van der Waals surface area (Å²) in [5, 5.41) is 0. The van der Waals surface area contributed by atoms with E-state index < -0.39 is 0 Å². The van der Waals surface area contributed by atoms with Gasteiger partial charge >= 0.3 is 0 Å². The molecule has 1 rings (SSSR count). The molecule has 0 N–H and O–H groups in total. The van der Waals surface area contributed by atoms with E-state index in [1.165, 1.54) is 0 Å². The second-order valence-corrected chi connectivity index (χ2v) is 3.12. The first-order chi connectivity index (χ1) is 4.10. The fourth-order valence-corrected chi connectivity index (χ4v) is 0.923. The fraction of sp³-hybridized carbons (Fsp3) is 0.714. The van der Waals surface area contributed by atoms with Crippen molar-refractivity contribution in [1.82, 2.24) is 5.48 Å². The van der Waals surface area contributed by atoms with Crippen molar-refractivity contribution in [3.63, 3.8) is 0 Å². The molecule has 0 fully saturated rings. The van der Waals surface area contributed by atoms with Gasteiger partial charge in [0.1, 0.15) is 5.76 Å². The Morgan fingerprint density at radius 2 is 2.33 bits per heavy atom. The quantitative estimate of drug-likeness (QED) is 0.482. The lowest BCUT2D eigenvalue weighted by atomic mass is 9.92. The van der Waals surface area contributed by atoms with Crippen molar-refractivity contribution in [1.29, 1.82) is 0 Å². The van der Waals surface area contributed by atoms with Crippen molar-refractivity contribution in [3.8, 4) is 0 Å². The Kier molecular flexibility index (Phi) is 1.49. The molecule has 0 aliphatic carbocycles. The van der Waals surface area contributed by atoms with E-state index in [2.05, 4.69) is 25.4 Å². The first kappa shape index (κ1) is 6.62. The minimum Gasteiger partial charge on any atom is -0.393 e. The van der Waals surface area contributed by atoms with Gasteiger partial charge in [-0.25, -0.2) is 0 Å². The minimum atomic E-state index is 0.197. The lowest BCUT2D eigenvalue weighted by Gasteiger charge is -2.24. The first-order valence-corrected chi connectivity index (χ1v) is 3.13. The average Bonchev–Trinajstić information content (AvgIpc) is 1.60. The van der Waals surface area contributed by atoms with Crippen LogP contribution in [0.25, 0.3) is 0 Å². The molecule has 0 amide bonds. The lowest BCUT2D eigenvalue weighted by molar-refractivity contribution is 0.0549. The topological polar surface area (TPSA) is 23.3 Å². The molecule has 0 aromatic rings. The van der Waals surface area contributed by atoms with Crippen LogP contribution >= 0.6 is 0 Å². The SMILES string of the molecule is CC1=CC(C)(C)C[N]O1. The van der Waals surface area contributed by atoms with Crippen LogP contribution < -0.4 is 5.48 Å². The summed E-state index contributed by atoms with van der Waals surface area (Å²) < 4.78 is 0. The summed E-state index contributed by atoms with van der Waals surface area (Å²) in [6.07, 6.45) is 2.10. The standard InChI is InChI=1S/C7H12NO/c1-6-4-7(2,3)5-8-9-6/h4H,5H2,1-3H3. The van der Waals surface area contributed by atoms with Gasteiger partial charge in [0.25, 0.3) is 0 Å². The Labute approximate surface area is 55.9 Å². The molecule has 0 saturated carbocycles. The molecule has 1 aliphatic rings. The molecule has 0 spiro atoms. The van der Waals surface area contributed by atoms with Crippen LogP contribution in [0.4, 0.5) is 0 Å². The lowest BCUT2D eigenvalue weighted by Crippen LogP contribution is -2.27. The summed E-state index contributed by atoms with van der Waals surface area (Å²) in [5.41, 5.74) is 4.04. The van der Waals surface area contributed by atoms with Gasteiger partial charge in [-0.2, -0.15) is 0 Å². The van der Waals surface area contributed by atoms with Crippen molar-refractivity contribution in [2.24, 2.45) is 5.41 Å². The number of allylic oxidation sites excluding steroid dienone is 1. The normalized spacial score (nSPS) is 24.6. The number of nitrogens with zero attached hydrogens (tertiary/aromatic N) is 1. The Hall–Kier alpha value is -0.500. The van der Waals surface area contributed by atoms with E-state index in [-0.39, 0.29) is 5.41 Å². The molecule has 9 heavy (non-hydrogen) atoms. The zero-order chi connectivity index (χ0) is 6.91. The van der Waals surface area contributed by atoms with Crippen molar-refractivity contribution in [2.45, 2.75) is 20.8 Å². The van der Waals surface area contributed by atoms with Gasteiger partial charge in [0.15, 0.2) is 0 Å². The highest BCUT2D eigenvalue weighted by Gasteiger charge is 2.20. The molecule has 0 aromatic heterocycles. The summed E-state index contributed by atoms with van der Waals surface area (Å²) in [5.74, 6) is 0.909. The van der Waals surface area contributed by atoms with Gasteiger partial charge < -0.3 is 4.84 Å². The van der Waals surface area contributed by atoms with Crippen LogP contribution in [0.3, 0.4) is 0 Å². The second-order valence-electron chi connectivity index (χ2n) is 3.12. The van der Waals surface area contributed by atoms with E-state index in [1.54, 1.807) is 0 Å². The summed E-state index contributed by atoms with van der Waals surface area (Å²) >= 11 is 0. The Bertz CT molecular complexity index is 138. The zero-order valence-electron chi connectivity index (χ0n) is 6.14. The van der Waals surface area contributed by atoms with Crippen LogP contribution in [0.1, 0.15) is 20.8 Å². The molecule has 0 atom stereocenters. The van der Waals surface area contributed by atoms with Crippen LogP contribution in [0.15, 0.2) is 11.8 Å². The van der Waals surface area contributed by atoms with Crippen molar-refractivity contribution in [2.75, 3.05) is 6.54 Å². The third-order valence-corrected chi connectivity index (χ3v) is 1.27. The average molecular weight is 126 g/mol. The molecular weight excluding hydrogens is 114 g/mol. The number of hydrogen-bond acceptors (Lipinski definition) is 1. The van der Waals surface area contributed by atoms with Crippen LogP contribution in [0, 0.1) is 5.41 Å². The van der Waals surface area contributed by atoms with Gasteiger partial charge in [0, 0.05) is 5.41 Å². The number of hydrogen-bond donors (Lipinski definition) is 0. The van der Waals surface area contributed by atoms with Crippen molar-refractivity contribution >= 4 is 0 Å². The van der Waals surface area contributed by atoms with Crippen molar-refractivity contribution in [3.05, 3.63) is 11.8 Å². The predicted octanol–water partition coefficient (Wildman–Crippen LogP) is 1.47. The Balaban J connectivity index is 2.68. The van der Waals surface area contributed by atoms with E-state index >= 15 is 0 Å². The molecule has 2 heteroatoms. The molecule has 2 nitrogen and oxygen atoms in total. The molecular formula is C7H12NO. The van der Waals surface area contributed by atoms with Gasteiger partial charge in [-0.05, 0) is 18.5 Å². The minimum absolute atomic E-state index is 0.197. The van der Waals surface area contributed by atoms with E-state index in [0.717, 1.165) is 12.3 Å². The van der Waals surface area contributed by atoms with Crippen molar-refractivity contribution < 1.29 is 4.84 Å². The van der Waals surface area contributed by atoms with Crippen LogP contribution in [-0.2, 0) is 4.84 Å². The van der Waals surface area contributed by atoms with E-state index in [4.69, 9.17) is 4.84 Å². The van der Waals surface area contributed by atoms with Crippen LogP contribution in [0.2, 0.25) is 0 Å². The highest BCUT2D eigenvalue weighted by molar-refractivity contribution is 5.01. The summed E-state index contributed by atoms with van der Waals surface area (Å²) in [7, 11) is 0. The maximum Gasteiger partial charge on any atom is 0.120 e. The van der Waals surface area contributed by atoms with Gasteiger partial charge in [-0.15, -0.1) is 0 Å². The molecule has 0 unspecified atom stereocenters. The summed E-state index contributed by atoms with van der Waals surface area (Å²) in [4.78, 5) is 4.90. The molecule has 0 aromatic carbocycles. The van der Waals surface area contributed by atoms with Gasteiger partial charge in [-0.3, -0.25) is 0 Å². The predicted molar refractivity (Wildman–Crippen MR) is 35.6 cm³/mol. The maximum absolute atomic E-state index is 4.90. The van der Waals surface area contributed by atoms with E-state index in [0.29, 0.717) is 0 Å². The monoisotopic (exact) mass is 126 g/mol. The third kappa shape index (κ3) is 1.72. The van der Waals surface area contributed by atoms with E-state index in [9.17, 15) is 0 Å². The number of hydroxylamine groups is 1. The van der Waals surface area contributed by atoms with E-state index in [1.807, 2.05) is 6.92 Å². The van der Waals surface area contributed by atoms with Gasteiger partial charge in [0.2, 0.25) is 0 Å². The maximum atomic E-state index is 4.90. The Morgan fingerprint density at radius 1 is 1.67 bits per heavy atom. The molecule has 51 valence electrons. The zero-order valence-corrected chi connectivity index (χ0v) is 6.14. The molecule has 1 aliphatic heterocycles. The fourth-order valence-electron chi connectivity index (χ4n) is 0.923. The van der Waals surface area contributed by atoms with Crippen LogP contribution in [-0.4, -0.2) is 6.54 Å².